The van der Waals surface area contributed by atoms with Gasteiger partial charge in [-0.15, -0.1) is 0 Å². The van der Waals surface area contributed by atoms with E-state index in [1.54, 1.807) is 12.1 Å². The molecule has 4 aromatic rings. The van der Waals surface area contributed by atoms with Crippen molar-refractivity contribution in [2.24, 2.45) is 0 Å². The van der Waals surface area contributed by atoms with Crippen molar-refractivity contribution < 1.29 is 9.53 Å². The summed E-state index contributed by atoms with van der Waals surface area (Å²) in [6, 6.07) is 23.3. The Kier molecular flexibility index (Phi) is 7.14. The van der Waals surface area contributed by atoms with Crippen LogP contribution < -0.4 is 10.1 Å². The molecule has 1 amide bonds. The number of hydrogen-bond donors (Lipinski definition) is 1. The number of ether oxygens (including phenoxy) is 1. The number of aromatic nitrogens is 2. The minimum Gasteiger partial charge on any atom is -0.492 e. The monoisotopic (exact) mass is 505 g/mol. The van der Waals surface area contributed by atoms with Crippen LogP contribution in [0.5, 0.6) is 5.75 Å². The van der Waals surface area contributed by atoms with Gasteiger partial charge >= 0.3 is 0 Å². The maximum absolute atomic E-state index is 12.8. The molecule has 3 aromatic carbocycles. The van der Waals surface area contributed by atoms with Crippen molar-refractivity contribution in [2.75, 3.05) is 6.61 Å². The lowest BCUT2D eigenvalue weighted by atomic mass is 10.0. The third kappa shape index (κ3) is 5.45. The Labute approximate surface area is 202 Å². The highest BCUT2D eigenvalue weighted by molar-refractivity contribution is 9.10. The normalized spacial score (nSPS) is 12.2. The predicted octanol–water partition coefficient (Wildman–Crippen LogP) is 6.49. The van der Waals surface area contributed by atoms with Crippen molar-refractivity contribution in [1.82, 2.24) is 14.9 Å². The van der Waals surface area contributed by atoms with Crippen LogP contribution in [-0.2, 0) is 6.54 Å². The van der Waals surface area contributed by atoms with E-state index in [4.69, 9.17) is 9.72 Å². The fraction of sp³-hybridized carbons (Fsp3) is 0.259. The van der Waals surface area contributed by atoms with Crippen LogP contribution in [0.1, 0.15) is 54.5 Å². The lowest BCUT2D eigenvalue weighted by Crippen LogP contribution is -2.29. The number of benzene rings is 3. The van der Waals surface area contributed by atoms with Crippen molar-refractivity contribution in [1.29, 1.82) is 0 Å². The third-order valence-electron chi connectivity index (χ3n) is 5.66. The average Bonchev–Trinajstić information content (AvgIpc) is 3.18. The highest BCUT2D eigenvalue weighted by Gasteiger charge is 2.19. The maximum atomic E-state index is 12.8. The molecule has 0 fully saturated rings. The van der Waals surface area contributed by atoms with Gasteiger partial charge in [0.05, 0.1) is 23.6 Å². The molecule has 6 heteroatoms. The van der Waals surface area contributed by atoms with Gasteiger partial charge in [0.15, 0.2) is 0 Å². The maximum Gasteiger partial charge on any atom is 0.251 e. The smallest absolute Gasteiger partial charge is 0.251 e. The largest absolute Gasteiger partial charge is 0.492 e. The van der Waals surface area contributed by atoms with E-state index in [0.717, 1.165) is 27.1 Å². The minimum absolute atomic E-state index is 0.130. The number of para-hydroxylation sites is 2. The summed E-state index contributed by atoms with van der Waals surface area (Å²) in [6.07, 6.45) is 0. The fourth-order valence-corrected chi connectivity index (χ4v) is 4.07. The number of nitrogens with zero attached hydrogens (tertiary/aromatic N) is 2. The predicted molar refractivity (Wildman–Crippen MR) is 136 cm³/mol. The molecule has 0 radical (unpaired) electrons. The van der Waals surface area contributed by atoms with Crippen LogP contribution >= 0.6 is 15.9 Å². The second kappa shape index (κ2) is 10.2. The van der Waals surface area contributed by atoms with Crippen LogP contribution in [0.2, 0.25) is 0 Å². The lowest BCUT2D eigenvalue weighted by Gasteiger charge is -2.17. The molecule has 0 saturated heterocycles. The molecule has 1 unspecified atom stereocenters. The van der Waals surface area contributed by atoms with Gasteiger partial charge in [-0.2, -0.15) is 0 Å². The number of fused-ring (bicyclic) bond motifs is 1. The molecule has 0 bridgehead atoms. The summed E-state index contributed by atoms with van der Waals surface area (Å²) in [7, 11) is 0. The summed E-state index contributed by atoms with van der Waals surface area (Å²) in [4.78, 5) is 17.6. The molecule has 0 aliphatic carbocycles. The van der Waals surface area contributed by atoms with Gasteiger partial charge in [-0.25, -0.2) is 4.98 Å². The van der Waals surface area contributed by atoms with Gasteiger partial charge in [-0.05, 0) is 66.9 Å². The van der Waals surface area contributed by atoms with Crippen molar-refractivity contribution in [2.45, 2.75) is 39.3 Å². The Bertz CT molecular complexity index is 1230. The molecule has 33 heavy (non-hydrogen) atoms. The number of amides is 1. The molecule has 170 valence electrons. The summed E-state index contributed by atoms with van der Waals surface area (Å²) < 4.78 is 9.09. The van der Waals surface area contributed by atoms with Crippen molar-refractivity contribution in [3.63, 3.8) is 0 Å². The van der Waals surface area contributed by atoms with E-state index in [0.29, 0.717) is 24.6 Å². The summed E-state index contributed by atoms with van der Waals surface area (Å²) in [5.41, 5.74) is 3.83. The highest BCUT2D eigenvalue weighted by atomic mass is 79.9. The first-order valence-corrected chi connectivity index (χ1v) is 12.0. The summed E-state index contributed by atoms with van der Waals surface area (Å²) in [5, 5.41) is 3.08. The van der Waals surface area contributed by atoms with Crippen molar-refractivity contribution in [3.8, 4) is 5.75 Å². The number of rotatable bonds is 8. The summed E-state index contributed by atoms with van der Waals surface area (Å²) in [6.45, 7) is 7.44. The molecule has 1 N–H and O–H groups in total. The van der Waals surface area contributed by atoms with E-state index in [-0.39, 0.29) is 11.9 Å². The second-order valence-electron chi connectivity index (χ2n) is 8.38. The van der Waals surface area contributed by atoms with Crippen LogP contribution in [-0.4, -0.2) is 22.1 Å². The third-order valence-corrected chi connectivity index (χ3v) is 6.18. The zero-order valence-electron chi connectivity index (χ0n) is 19.1. The van der Waals surface area contributed by atoms with E-state index < -0.39 is 0 Å². The SMILES string of the molecule is CC(C)c1ccc(OCCn2c(C(C)NC(=O)c3ccc(Br)cc3)nc3ccccc32)cc1. The fourth-order valence-electron chi connectivity index (χ4n) is 3.81. The topological polar surface area (TPSA) is 56.1 Å². The molecular weight excluding hydrogens is 478 g/mol. The second-order valence-corrected chi connectivity index (χ2v) is 9.30. The van der Waals surface area contributed by atoms with E-state index in [2.05, 4.69) is 51.8 Å². The Hall–Kier alpha value is -3.12. The van der Waals surface area contributed by atoms with Crippen LogP contribution in [0.4, 0.5) is 0 Å². The number of nitrogens with one attached hydrogen (secondary N) is 1. The summed E-state index contributed by atoms with van der Waals surface area (Å²) in [5.74, 6) is 2.02. The molecule has 0 aliphatic heterocycles. The van der Waals surface area contributed by atoms with Gasteiger partial charge in [0.2, 0.25) is 0 Å². The zero-order chi connectivity index (χ0) is 23.4. The van der Waals surface area contributed by atoms with Gasteiger partial charge in [-0.1, -0.05) is 54.0 Å². The number of halogens is 1. The van der Waals surface area contributed by atoms with Gasteiger partial charge < -0.3 is 14.6 Å². The van der Waals surface area contributed by atoms with Crippen molar-refractivity contribution in [3.05, 3.63) is 94.2 Å². The highest BCUT2D eigenvalue weighted by Crippen LogP contribution is 2.22. The van der Waals surface area contributed by atoms with Crippen molar-refractivity contribution >= 4 is 32.9 Å². The summed E-state index contributed by atoms with van der Waals surface area (Å²) >= 11 is 3.40. The lowest BCUT2D eigenvalue weighted by molar-refractivity contribution is 0.0937. The Balaban J connectivity index is 1.50. The number of hydrogen-bond acceptors (Lipinski definition) is 3. The van der Waals surface area contributed by atoms with Gasteiger partial charge in [0, 0.05) is 10.0 Å². The Morgan fingerprint density at radius 1 is 1.00 bits per heavy atom. The Morgan fingerprint density at radius 2 is 1.70 bits per heavy atom. The van der Waals surface area contributed by atoms with E-state index >= 15 is 0 Å². The van der Waals surface area contributed by atoms with Crippen LogP contribution in [0, 0.1) is 0 Å². The quantitative estimate of drug-likeness (QED) is 0.297. The molecule has 1 aromatic heterocycles. The van der Waals surface area contributed by atoms with Gasteiger partial charge in [0.1, 0.15) is 18.2 Å². The van der Waals surface area contributed by atoms with E-state index in [9.17, 15) is 4.79 Å². The molecular formula is C27H28BrN3O2. The Morgan fingerprint density at radius 3 is 2.39 bits per heavy atom. The minimum atomic E-state index is -0.265. The first kappa shape index (κ1) is 23.1. The van der Waals surface area contributed by atoms with Crippen LogP contribution in [0.3, 0.4) is 0 Å². The van der Waals surface area contributed by atoms with Gasteiger partial charge in [0.25, 0.3) is 5.91 Å². The molecule has 0 aliphatic rings. The van der Waals surface area contributed by atoms with Crippen LogP contribution in [0.15, 0.2) is 77.3 Å². The molecule has 1 heterocycles. The first-order valence-electron chi connectivity index (χ1n) is 11.2. The number of carbonyl (C=O) groups excluding carboxylic acids is 1. The number of imidazole rings is 1. The molecule has 5 nitrogen and oxygen atoms in total. The molecule has 1 atom stereocenters. The molecule has 4 rings (SSSR count). The first-order chi connectivity index (χ1) is 15.9. The zero-order valence-corrected chi connectivity index (χ0v) is 20.7. The van der Waals surface area contributed by atoms with Crippen LogP contribution in [0.25, 0.3) is 11.0 Å². The average molecular weight is 506 g/mol. The molecule has 0 spiro atoms. The molecule has 0 saturated carbocycles. The van der Waals surface area contributed by atoms with E-state index in [1.165, 1.54) is 5.56 Å². The van der Waals surface area contributed by atoms with Gasteiger partial charge in [-0.3, -0.25) is 4.79 Å². The number of carbonyl (C=O) groups is 1. The van der Waals surface area contributed by atoms with E-state index in [1.807, 2.05) is 55.5 Å². The standard InChI is InChI=1S/C27H28BrN3O2/c1-18(2)20-10-14-23(15-11-20)33-17-16-31-25-7-5-4-6-24(25)30-26(31)19(3)29-27(32)21-8-12-22(28)13-9-21/h4-15,18-19H,16-17H2,1-3H3,(H,29,32).